The third-order valence-electron chi connectivity index (χ3n) is 2.76. The number of nitrogens with zero attached hydrogens (tertiary/aromatic N) is 3. The molecule has 2 aromatic rings. The van der Waals surface area contributed by atoms with Crippen molar-refractivity contribution in [3.8, 4) is 11.6 Å². The average Bonchev–Trinajstić information content (AvgIpc) is 2.42. The Labute approximate surface area is 119 Å². The van der Waals surface area contributed by atoms with E-state index in [2.05, 4.69) is 9.97 Å². The molecule has 0 radical (unpaired) electrons. The number of nitro groups is 1. The van der Waals surface area contributed by atoms with Gasteiger partial charge in [-0.2, -0.15) is 0 Å². The van der Waals surface area contributed by atoms with Crippen molar-refractivity contribution in [2.45, 2.75) is 13.8 Å². The highest BCUT2D eigenvalue weighted by Gasteiger charge is 2.18. The van der Waals surface area contributed by atoms with Gasteiger partial charge in [0.2, 0.25) is 5.69 Å². The van der Waals surface area contributed by atoms with Crippen LogP contribution in [-0.4, -0.2) is 26.0 Å². The van der Waals surface area contributed by atoms with Crippen LogP contribution in [-0.2, 0) is 0 Å². The van der Waals surface area contributed by atoms with Crippen LogP contribution in [0.5, 0.6) is 11.6 Å². The lowest BCUT2D eigenvalue weighted by atomic mass is 10.1. The highest BCUT2D eigenvalue weighted by Crippen LogP contribution is 2.31. The van der Waals surface area contributed by atoms with Crippen molar-refractivity contribution in [3.05, 3.63) is 51.5 Å². The molecule has 0 aliphatic heterocycles. The zero-order chi connectivity index (χ0) is 15.6. The van der Waals surface area contributed by atoms with Crippen LogP contribution in [0.25, 0.3) is 0 Å². The van der Waals surface area contributed by atoms with Crippen LogP contribution in [0.4, 0.5) is 5.69 Å². The van der Waals surface area contributed by atoms with Crippen molar-refractivity contribution in [3.63, 3.8) is 0 Å². The molecule has 21 heavy (non-hydrogen) atoms. The largest absolute Gasteiger partial charge is 0.476 e. The first-order valence-corrected chi connectivity index (χ1v) is 5.88. The number of aromatic nitrogens is 2. The first-order valence-electron chi connectivity index (χ1n) is 5.88. The van der Waals surface area contributed by atoms with Crippen LogP contribution in [0, 0.1) is 24.0 Å². The molecule has 0 bridgehead atoms. The summed E-state index contributed by atoms with van der Waals surface area (Å²) < 4.78 is 5.44. The zero-order valence-corrected chi connectivity index (χ0v) is 11.2. The van der Waals surface area contributed by atoms with E-state index in [1.807, 2.05) is 0 Å². The number of rotatable bonds is 4. The van der Waals surface area contributed by atoms with E-state index in [0.29, 0.717) is 16.9 Å². The van der Waals surface area contributed by atoms with Crippen LogP contribution in [0.3, 0.4) is 0 Å². The SMILES string of the molecule is Cc1cc([N+](=O)[O-])c(C)cc1Oc1nccnc1C(=O)O. The normalized spacial score (nSPS) is 10.2. The third-order valence-corrected chi connectivity index (χ3v) is 2.76. The summed E-state index contributed by atoms with van der Waals surface area (Å²) in [7, 11) is 0. The molecule has 0 aliphatic rings. The second-order valence-corrected chi connectivity index (χ2v) is 4.28. The number of carbonyl (C=O) groups is 1. The van der Waals surface area contributed by atoms with E-state index in [-0.39, 0.29) is 17.3 Å². The van der Waals surface area contributed by atoms with Gasteiger partial charge in [-0.1, -0.05) is 0 Å². The van der Waals surface area contributed by atoms with E-state index in [4.69, 9.17) is 9.84 Å². The third kappa shape index (κ3) is 2.94. The molecule has 0 fully saturated rings. The van der Waals surface area contributed by atoms with Crippen molar-refractivity contribution < 1.29 is 19.6 Å². The fraction of sp³-hybridized carbons (Fsp3) is 0.154. The van der Waals surface area contributed by atoms with Gasteiger partial charge in [0.25, 0.3) is 11.6 Å². The molecule has 0 spiro atoms. The van der Waals surface area contributed by atoms with E-state index in [1.54, 1.807) is 13.8 Å². The molecule has 1 aromatic carbocycles. The van der Waals surface area contributed by atoms with Gasteiger partial charge < -0.3 is 9.84 Å². The van der Waals surface area contributed by atoms with Gasteiger partial charge in [-0.05, 0) is 25.5 Å². The highest BCUT2D eigenvalue weighted by molar-refractivity contribution is 5.87. The molecule has 8 heteroatoms. The first kappa shape index (κ1) is 14.4. The molecule has 0 unspecified atom stereocenters. The minimum absolute atomic E-state index is 0.0301. The van der Waals surface area contributed by atoms with Gasteiger partial charge in [0.1, 0.15) is 5.75 Å². The number of aromatic carboxylic acids is 1. The number of hydrogen-bond donors (Lipinski definition) is 1. The van der Waals surface area contributed by atoms with Crippen LogP contribution >= 0.6 is 0 Å². The molecule has 8 nitrogen and oxygen atoms in total. The summed E-state index contributed by atoms with van der Waals surface area (Å²) in [5.74, 6) is -1.14. The number of aryl methyl sites for hydroxylation is 2. The Bertz CT molecular complexity index is 730. The second-order valence-electron chi connectivity index (χ2n) is 4.28. The molecule has 1 N–H and O–H groups in total. The highest BCUT2D eigenvalue weighted by atomic mass is 16.6. The van der Waals surface area contributed by atoms with Crippen molar-refractivity contribution >= 4 is 11.7 Å². The van der Waals surface area contributed by atoms with Crippen molar-refractivity contribution in [1.29, 1.82) is 0 Å². The molecule has 0 saturated heterocycles. The summed E-state index contributed by atoms with van der Waals surface area (Å²) in [6, 6.07) is 2.83. The molecule has 0 amide bonds. The minimum atomic E-state index is -1.27. The van der Waals surface area contributed by atoms with Crippen molar-refractivity contribution in [2.24, 2.45) is 0 Å². The predicted octanol–water partition coefficient (Wildman–Crippen LogP) is 2.49. The number of carboxylic acids is 1. The molecule has 1 heterocycles. The monoisotopic (exact) mass is 289 g/mol. The van der Waals surface area contributed by atoms with Crippen LogP contribution in [0.1, 0.15) is 21.6 Å². The van der Waals surface area contributed by atoms with E-state index >= 15 is 0 Å². The fourth-order valence-corrected chi connectivity index (χ4v) is 1.73. The maximum atomic E-state index is 11.0. The fourth-order valence-electron chi connectivity index (χ4n) is 1.73. The van der Waals surface area contributed by atoms with E-state index in [9.17, 15) is 14.9 Å². The van der Waals surface area contributed by atoms with Gasteiger partial charge in [0, 0.05) is 24.0 Å². The average molecular weight is 289 g/mol. The van der Waals surface area contributed by atoms with Crippen LogP contribution in [0.15, 0.2) is 24.5 Å². The lowest BCUT2D eigenvalue weighted by molar-refractivity contribution is -0.385. The van der Waals surface area contributed by atoms with Crippen LogP contribution in [0.2, 0.25) is 0 Å². The summed E-state index contributed by atoms with van der Waals surface area (Å²) in [6.45, 7) is 3.19. The molecule has 0 atom stereocenters. The maximum absolute atomic E-state index is 11.0. The summed E-state index contributed by atoms with van der Waals surface area (Å²) in [4.78, 5) is 28.9. The van der Waals surface area contributed by atoms with E-state index in [0.717, 1.165) is 0 Å². The Kier molecular flexibility index (Phi) is 3.79. The minimum Gasteiger partial charge on any atom is -0.476 e. The Morgan fingerprint density at radius 1 is 1.24 bits per heavy atom. The molecular weight excluding hydrogens is 278 g/mol. The molecule has 0 saturated carbocycles. The number of nitro benzene ring substituents is 1. The van der Waals surface area contributed by atoms with Gasteiger partial charge in [-0.25, -0.2) is 14.8 Å². The van der Waals surface area contributed by atoms with Gasteiger partial charge >= 0.3 is 5.97 Å². The smallest absolute Gasteiger partial charge is 0.360 e. The first-order chi connectivity index (χ1) is 9.90. The standard InChI is InChI=1S/C13H11N3O5/c1-7-6-10(8(2)5-9(7)16(19)20)21-12-11(13(17)18)14-3-4-15-12/h3-6H,1-2H3,(H,17,18). The summed E-state index contributed by atoms with van der Waals surface area (Å²) in [5, 5.41) is 19.9. The molecular formula is C13H11N3O5. The topological polar surface area (TPSA) is 115 Å². The lowest BCUT2D eigenvalue weighted by Gasteiger charge is -2.10. The van der Waals surface area contributed by atoms with Crippen molar-refractivity contribution in [2.75, 3.05) is 0 Å². The van der Waals surface area contributed by atoms with E-state index < -0.39 is 10.9 Å². The number of benzene rings is 1. The summed E-state index contributed by atoms with van der Waals surface area (Å²) in [5.41, 5.74) is 0.543. The summed E-state index contributed by atoms with van der Waals surface area (Å²) in [6.07, 6.45) is 2.54. The number of hydrogen-bond acceptors (Lipinski definition) is 6. The zero-order valence-electron chi connectivity index (χ0n) is 11.2. The van der Waals surface area contributed by atoms with Gasteiger partial charge in [0.15, 0.2) is 0 Å². The van der Waals surface area contributed by atoms with E-state index in [1.165, 1.54) is 24.5 Å². The number of ether oxygens (including phenoxy) is 1. The quantitative estimate of drug-likeness (QED) is 0.678. The molecule has 2 rings (SSSR count). The Morgan fingerprint density at radius 3 is 2.52 bits per heavy atom. The Balaban J connectivity index is 2.44. The molecule has 0 aliphatic carbocycles. The Hall–Kier alpha value is -3.03. The number of carboxylic acid groups (broad SMARTS) is 1. The van der Waals surface area contributed by atoms with Gasteiger partial charge in [-0.3, -0.25) is 10.1 Å². The predicted molar refractivity (Wildman–Crippen MR) is 71.6 cm³/mol. The summed E-state index contributed by atoms with van der Waals surface area (Å²) >= 11 is 0. The molecule has 1 aromatic heterocycles. The molecule has 108 valence electrons. The maximum Gasteiger partial charge on any atom is 0.360 e. The van der Waals surface area contributed by atoms with Gasteiger partial charge in [-0.15, -0.1) is 0 Å². The Morgan fingerprint density at radius 2 is 1.90 bits per heavy atom. The second kappa shape index (κ2) is 5.53. The van der Waals surface area contributed by atoms with Crippen LogP contribution < -0.4 is 4.74 Å². The van der Waals surface area contributed by atoms with Crippen molar-refractivity contribution in [1.82, 2.24) is 9.97 Å². The van der Waals surface area contributed by atoms with Gasteiger partial charge in [0.05, 0.1) is 4.92 Å². The lowest BCUT2D eigenvalue weighted by Crippen LogP contribution is -2.05.